The zero-order valence-electron chi connectivity index (χ0n) is 22.0. The summed E-state index contributed by atoms with van der Waals surface area (Å²) in [4.78, 5) is 39.6. The van der Waals surface area contributed by atoms with Crippen molar-refractivity contribution in [2.24, 2.45) is 11.7 Å². The maximum atomic E-state index is 12.4. The highest BCUT2D eigenvalue weighted by atomic mass is 16.7. The second-order valence-corrected chi connectivity index (χ2v) is 9.18. The molecule has 1 unspecified atom stereocenters. The SMILES string of the molecule is COC(=O)C(Cc1ccc2c(c1)OCO2)CN1CCN(CCN)C(=O)C1=O.c1ccc(-c2ccccc2)cc1. The van der Waals surface area contributed by atoms with Crippen molar-refractivity contribution in [3.05, 3.63) is 84.4 Å². The van der Waals surface area contributed by atoms with Crippen LogP contribution in [0.25, 0.3) is 11.1 Å². The van der Waals surface area contributed by atoms with Crippen LogP contribution >= 0.6 is 0 Å². The predicted molar refractivity (Wildman–Crippen MR) is 146 cm³/mol. The Bertz CT molecular complexity index is 1230. The van der Waals surface area contributed by atoms with Crippen molar-refractivity contribution in [3.8, 4) is 22.6 Å². The van der Waals surface area contributed by atoms with Gasteiger partial charge >= 0.3 is 17.8 Å². The highest BCUT2D eigenvalue weighted by Crippen LogP contribution is 2.33. The zero-order chi connectivity index (χ0) is 27.6. The van der Waals surface area contributed by atoms with Crippen LogP contribution in [0.1, 0.15) is 5.56 Å². The fourth-order valence-corrected chi connectivity index (χ4v) is 4.53. The van der Waals surface area contributed by atoms with Crippen molar-refractivity contribution >= 4 is 17.8 Å². The molecule has 0 spiro atoms. The summed E-state index contributed by atoms with van der Waals surface area (Å²) in [5.74, 6) is -0.943. The molecule has 2 N–H and O–H groups in total. The van der Waals surface area contributed by atoms with Crippen molar-refractivity contribution in [2.45, 2.75) is 6.42 Å². The average molecular weight is 532 g/mol. The van der Waals surface area contributed by atoms with Gasteiger partial charge in [-0.25, -0.2) is 0 Å². The molecule has 5 rings (SSSR count). The molecule has 2 amide bonds. The first-order chi connectivity index (χ1) is 19.0. The molecule has 0 bridgehead atoms. The van der Waals surface area contributed by atoms with Crippen LogP contribution in [-0.2, 0) is 25.5 Å². The van der Waals surface area contributed by atoms with Gasteiger partial charge in [0.05, 0.1) is 13.0 Å². The van der Waals surface area contributed by atoms with Crippen molar-refractivity contribution in [3.63, 3.8) is 0 Å². The Kier molecular flexibility index (Phi) is 9.53. The maximum Gasteiger partial charge on any atom is 0.312 e. The van der Waals surface area contributed by atoms with Crippen molar-refractivity contribution in [1.82, 2.24) is 9.80 Å². The van der Waals surface area contributed by atoms with Gasteiger partial charge in [-0.05, 0) is 35.2 Å². The fourth-order valence-electron chi connectivity index (χ4n) is 4.53. The lowest BCUT2D eigenvalue weighted by Gasteiger charge is -2.35. The number of nitrogens with zero attached hydrogens (tertiary/aromatic N) is 2. The summed E-state index contributed by atoms with van der Waals surface area (Å²) in [6.07, 6.45) is 0.355. The smallest absolute Gasteiger partial charge is 0.312 e. The van der Waals surface area contributed by atoms with Gasteiger partial charge in [-0.1, -0.05) is 66.7 Å². The Hall–Kier alpha value is -4.37. The Morgan fingerprint density at radius 1 is 0.872 bits per heavy atom. The summed E-state index contributed by atoms with van der Waals surface area (Å²) in [6.45, 7) is 1.69. The number of ether oxygens (including phenoxy) is 3. The van der Waals surface area contributed by atoms with Gasteiger partial charge in [-0.2, -0.15) is 0 Å². The largest absolute Gasteiger partial charge is 0.469 e. The fraction of sp³-hybridized carbons (Fsp3) is 0.300. The molecule has 3 aromatic rings. The minimum atomic E-state index is -0.616. The van der Waals surface area contributed by atoms with Gasteiger partial charge in [0.25, 0.3) is 0 Å². The molecule has 0 radical (unpaired) electrons. The van der Waals surface area contributed by atoms with Crippen molar-refractivity contribution < 1.29 is 28.6 Å². The van der Waals surface area contributed by atoms with Gasteiger partial charge in [0.1, 0.15) is 0 Å². The minimum Gasteiger partial charge on any atom is -0.469 e. The summed E-state index contributed by atoms with van der Waals surface area (Å²) < 4.78 is 15.5. The number of rotatable bonds is 8. The summed E-state index contributed by atoms with van der Waals surface area (Å²) >= 11 is 0. The summed E-state index contributed by atoms with van der Waals surface area (Å²) in [6, 6.07) is 26.2. The molecular weight excluding hydrogens is 498 g/mol. The van der Waals surface area contributed by atoms with Crippen molar-refractivity contribution in [2.75, 3.05) is 46.6 Å². The Morgan fingerprint density at radius 2 is 1.46 bits per heavy atom. The van der Waals surface area contributed by atoms with E-state index in [-0.39, 0.29) is 13.3 Å². The number of carbonyl (C=O) groups excluding carboxylic acids is 3. The van der Waals surface area contributed by atoms with Gasteiger partial charge in [-0.15, -0.1) is 0 Å². The van der Waals surface area contributed by atoms with Gasteiger partial charge in [-0.3, -0.25) is 14.4 Å². The molecule has 1 saturated heterocycles. The molecule has 0 saturated carbocycles. The number of methoxy groups -OCH3 is 1. The lowest BCUT2D eigenvalue weighted by atomic mass is 9.98. The normalized spacial score (nSPS) is 14.9. The van der Waals surface area contributed by atoms with Crippen LogP contribution < -0.4 is 15.2 Å². The predicted octanol–water partition coefficient (Wildman–Crippen LogP) is 2.73. The molecule has 0 aliphatic carbocycles. The van der Waals surface area contributed by atoms with E-state index >= 15 is 0 Å². The van der Waals surface area contributed by atoms with E-state index in [2.05, 4.69) is 48.5 Å². The highest BCUT2D eigenvalue weighted by molar-refractivity contribution is 6.35. The third-order valence-electron chi connectivity index (χ3n) is 6.57. The van der Waals surface area contributed by atoms with Crippen LogP contribution in [0.15, 0.2) is 78.9 Å². The third-order valence-corrected chi connectivity index (χ3v) is 6.57. The summed E-state index contributed by atoms with van der Waals surface area (Å²) in [5.41, 5.74) is 8.87. The molecule has 2 aliphatic heterocycles. The van der Waals surface area contributed by atoms with Crippen LogP contribution in [0.2, 0.25) is 0 Å². The van der Waals surface area contributed by atoms with Gasteiger partial charge in [0.2, 0.25) is 6.79 Å². The monoisotopic (exact) mass is 531 g/mol. The molecule has 39 heavy (non-hydrogen) atoms. The van der Waals surface area contributed by atoms with Gasteiger partial charge in [0.15, 0.2) is 11.5 Å². The lowest BCUT2D eigenvalue weighted by molar-refractivity contribution is -0.158. The van der Waals surface area contributed by atoms with Crippen LogP contribution in [0.3, 0.4) is 0 Å². The molecule has 9 nitrogen and oxygen atoms in total. The first kappa shape index (κ1) is 27.7. The first-order valence-electron chi connectivity index (χ1n) is 12.8. The quantitative estimate of drug-likeness (QED) is 0.351. The van der Waals surface area contributed by atoms with Gasteiger partial charge in [0, 0.05) is 32.7 Å². The Labute approximate surface area is 228 Å². The molecular formula is C30H33N3O6. The summed E-state index contributed by atoms with van der Waals surface area (Å²) in [7, 11) is 1.31. The highest BCUT2D eigenvalue weighted by Gasteiger charge is 2.35. The average Bonchev–Trinajstić information content (AvgIpc) is 3.45. The number of piperazine rings is 1. The minimum absolute atomic E-state index is 0.113. The summed E-state index contributed by atoms with van der Waals surface area (Å²) in [5, 5.41) is 0. The molecule has 1 fully saturated rings. The van der Waals surface area contributed by atoms with Crippen LogP contribution in [0.4, 0.5) is 0 Å². The standard InChI is InChI=1S/C18H23N3O6.C12H10/c1-25-18(24)13(8-12-2-3-14-15(9-12)27-11-26-14)10-21-7-6-20(5-4-19)16(22)17(21)23;1-3-7-11(8-4-1)12-9-5-2-6-10-12/h2-3,9,13H,4-8,10-11,19H2,1H3;1-10H. The molecule has 2 aliphatic rings. The zero-order valence-corrected chi connectivity index (χ0v) is 22.0. The molecule has 2 heterocycles. The Morgan fingerprint density at radius 3 is 2.08 bits per heavy atom. The van der Waals surface area contributed by atoms with Crippen LogP contribution in [0.5, 0.6) is 11.5 Å². The number of nitrogens with two attached hydrogens (primary N) is 1. The lowest BCUT2D eigenvalue weighted by Crippen LogP contribution is -2.56. The van der Waals surface area contributed by atoms with Gasteiger partial charge < -0.3 is 29.7 Å². The second-order valence-electron chi connectivity index (χ2n) is 9.18. The van der Waals surface area contributed by atoms with E-state index in [1.807, 2.05) is 24.3 Å². The molecule has 9 heteroatoms. The van der Waals surface area contributed by atoms with Crippen LogP contribution in [-0.4, -0.2) is 74.2 Å². The number of hydrogen-bond donors (Lipinski definition) is 1. The van der Waals surface area contributed by atoms with E-state index in [0.717, 1.165) is 5.56 Å². The van der Waals surface area contributed by atoms with E-state index < -0.39 is 23.7 Å². The van der Waals surface area contributed by atoms with Crippen LogP contribution in [0, 0.1) is 5.92 Å². The number of fused-ring (bicyclic) bond motifs is 1. The number of esters is 1. The molecule has 0 aromatic heterocycles. The Balaban J connectivity index is 0.000000243. The van der Waals surface area contributed by atoms with E-state index in [0.29, 0.717) is 44.1 Å². The van der Waals surface area contributed by atoms with E-state index in [1.54, 1.807) is 6.07 Å². The van der Waals surface area contributed by atoms with Crippen molar-refractivity contribution in [1.29, 1.82) is 0 Å². The molecule has 1 atom stereocenters. The van der Waals surface area contributed by atoms with E-state index in [4.69, 9.17) is 19.9 Å². The number of amides is 2. The maximum absolute atomic E-state index is 12.4. The molecule has 204 valence electrons. The topological polar surface area (TPSA) is 111 Å². The number of carbonyl (C=O) groups is 3. The van der Waals surface area contributed by atoms with E-state index in [9.17, 15) is 14.4 Å². The molecule has 3 aromatic carbocycles. The van der Waals surface area contributed by atoms with E-state index in [1.165, 1.54) is 28.0 Å². The number of benzene rings is 3. The first-order valence-corrected chi connectivity index (χ1v) is 12.8. The number of hydrogen-bond acceptors (Lipinski definition) is 7. The second kappa shape index (κ2) is 13.4. The third kappa shape index (κ3) is 7.14.